The molecule has 4 rings (SSSR count). The number of ether oxygens (including phenoxy) is 2. The Morgan fingerprint density at radius 2 is 2.03 bits per heavy atom. The molecule has 0 bridgehead atoms. The second kappa shape index (κ2) is 10.6. The lowest BCUT2D eigenvalue weighted by Crippen LogP contribution is -2.47. The van der Waals surface area contributed by atoms with Crippen LogP contribution in [0.5, 0.6) is 5.75 Å². The van der Waals surface area contributed by atoms with Crippen LogP contribution in [0.15, 0.2) is 6.07 Å². The van der Waals surface area contributed by atoms with Gasteiger partial charge in [0.15, 0.2) is 11.6 Å². The number of carbonyl (C=O) groups is 2. The minimum absolute atomic E-state index is 0.0684. The summed E-state index contributed by atoms with van der Waals surface area (Å²) in [6.45, 7) is 7.42. The van der Waals surface area contributed by atoms with Gasteiger partial charge >= 0.3 is 6.09 Å². The third-order valence-corrected chi connectivity index (χ3v) is 6.91. The van der Waals surface area contributed by atoms with Crippen LogP contribution in [0.2, 0.25) is 5.02 Å². The molecule has 208 valence electrons. The van der Waals surface area contributed by atoms with E-state index in [1.807, 2.05) is 6.92 Å². The summed E-state index contributed by atoms with van der Waals surface area (Å²) in [6.07, 6.45) is -2.86. The number of aromatic nitrogens is 3. The zero-order valence-corrected chi connectivity index (χ0v) is 22.7. The van der Waals surface area contributed by atoms with Gasteiger partial charge in [0.1, 0.15) is 23.6 Å². The topological polar surface area (TPSA) is 89.8 Å². The summed E-state index contributed by atoms with van der Waals surface area (Å²) in [4.78, 5) is 29.0. The molecule has 2 aliphatic rings. The van der Waals surface area contributed by atoms with Crippen molar-refractivity contribution in [3.05, 3.63) is 39.4 Å². The molecule has 2 aromatic rings. The van der Waals surface area contributed by atoms with Gasteiger partial charge in [0.05, 0.1) is 6.04 Å². The van der Waals surface area contributed by atoms with E-state index in [-0.39, 0.29) is 53.4 Å². The van der Waals surface area contributed by atoms with Gasteiger partial charge in [0.25, 0.3) is 6.43 Å². The Bertz CT molecular complexity index is 1230. The Morgan fingerprint density at radius 3 is 2.63 bits per heavy atom. The molecule has 38 heavy (non-hydrogen) atoms. The number of amides is 2. The zero-order chi connectivity index (χ0) is 27.9. The molecule has 2 amide bonds. The van der Waals surface area contributed by atoms with Gasteiger partial charge in [-0.3, -0.25) is 9.69 Å². The first kappa shape index (κ1) is 28.0. The van der Waals surface area contributed by atoms with E-state index in [4.69, 9.17) is 21.1 Å². The zero-order valence-electron chi connectivity index (χ0n) is 21.9. The quantitative estimate of drug-likeness (QED) is 0.505. The van der Waals surface area contributed by atoms with Crippen molar-refractivity contribution in [1.82, 2.24) is 24.8 Å². The van der Waals surface area contributed by atoms with Crippen molar-refractivity contribution >= 4 is 23.6 Å². The third-order valence-electron chi connectivity index (χ3n) is 6.57. The molecule has 0 spiro atoms. The van der Waals surface area contributed by atoms with Crippen molar-refractivity contribution in [2.24, 2.45) is 13.0 Å². The van der Waals surface area contributed by atoms with Crippen LogP contribution < -0.4 is 4.74 Å². The summed E-state index contributed by atoms with van der Waals surface area (Å²) >= 11 is 6.44. The Kier molecular flexibility index (Phi) is 7.83. The Hall–Kier alpha value is -3.02. The van der Waals surface area contributed by atoms with Gasteiger partial charge in [0, 0.05) is 43.7 Å². The van der Waals surface area contributed by atoms with E-state index in [2.05, 4.69) is 10.3 Å². The first-order valence-corrected chi connectivity index (χ1v) is 12.7. The summed E-state index contributed by atoms with van der Waals surface area (Å²) in [5, 5.41) is 7.50. The van der Waals surface area contributed by atoms with Crippen molar-refractivity contribution in [3.63, 3.8) is 0 Å². The second-order valence-corrected chi connectivity index (χ2v) is 11.2. The highest BCUT2D eigenvalue weighted by Crippen LogP contribution is 2.43. The van der Waals surface area contributed by atoms with Crippen LogP contribution >= 0.6 is 11.6 Å². The molecule has 0 aliphatic carbocycles. The van der Waals surface area contributed by atoms with Gasteiger partial charge in [-0.25, -0.2) is 22.6 Å². The van der Waals surface area contributed by atoms with E-state index in [0.717, 1.165) is 10.7 Å². The van der Waals surface area contributed by atoms with Crippen molar-refractivity contribution in [1.29, 1.82) is 0 Å². The first-order valence-electron chi connectivity index (χ1n) is 12.3. The maximum absolute atomic E-state index is 15.4. The number of carbonyl (C=O) groups excluding carboxylic acids is 2. The lowest BCUT2D eigenvalue weighted by molar-refractivity contribution is -0.128. The number of benzene rings is 1. The predicted molar refractivity (Wildman–Crippen MR) is 131 cm³/mol. The van der Waals surface area contributed by atoms with Gasteiger partial charge in [0.2, 0.25) is 5.91 Å². The van der Waals surface area contributed by atoms with Crippen LogP contribution in [0.25, 0.3) is 0 Å². The third kappa shape index (κ3) is 5.69. The number of hydrogen-bond acceptors (Lipinski definition) is 6. The monoisotopic (exact) mass is 557 g/mol. The summed E-state index contributed by atoms with van der Waals surface area (Å²) < 4.78 is 54.8. The summed E-state index contributed by atoms with van der Waals surface area (Å²) in [5.41, 5.74) is -0.554. The molecule has 0 unspecified atom stereocenters. The molecular formula is C25H31ClF3N5O4. The highest BCUT2D eigenvalue weighted by molar-refractivity contribution is 6.31. The summed E-state index contributed by atoms with van der Waals surface area (Å²) in [6, 6.07) is 0.256. The van der Waals surface area contributed by atoms with Crippen molar-refractivity contribution in [2.75, 3.05) is 19.6 Å². The van der Waals surface area contributed by atoms with Crippen molar-refractivity contribution in [3.8, 4) is 5.75 Å². The average molecular weight is 558 g/mol. The van der Waals surface area contributed by atoms with Gasteiger partial charge in [-0.05, 0) is 44.7 Å². The molecule has 2 aliphatic heterocycles. The van der Waals surface area contributed by atoms with Crippen LogP contribution in [0.3, 0.4) is 0 Å². The maximum atomic E-state index is 15.4. The Labute approximate surface area is 223 Å². The molecule has 0 saturated carbocycles. The van der Waals surface area contributed by atoms with E-state index >= 15 is 4.39 Å². The Morgan fingerprint density at radius 1 is 1.32 bits per heavy atom. The highest BCUT2D eigenvalue weighted by atomic mass is 35.5. The number of halogens is 4. The summed E-state index contributed by atoms with van der Waals surface area (Å²) in [7, 11) is 1.32. The number of alkyl halides is 2. The standard InChI is InChI=1S/C25H31ClF3N5O4/c1-13-8-19(35)33(10-13)11-18-20-14(6-7-34(18)24(36)38-25(2,3)4)15(26)9-16(27)22(20)37-12-17-21(23(28)29)32(5)31-30-17/h9,13,18,23H,6-8,10-12H2,1-5H3/t13-,18-/m1/s1. The molecular weight excluding hydrogens is 527 g/mol. The fourth-order valence-corrected chi connectivity index (χ4v) is 5.25. The smallest absolute Gasteiger partial charge is 0.410 e. The number of hydrogen-bond donors (Lipinski definition) is 0. The molecule has 9 nitrogen and oxygen atoms in total. The number of rotatable bonds is 6. The summed E-state index contributed by atoms with van der Waals surface area (Å²) in [5.74, 6) is -1.03. The fraction of sp³-hybridized carbons (Fsp3) is 0.600. The lowest BCUT2D eigenvalue weighted by Gasteiger charge is -2.40. The van der Waals surface area contributed by atoms with Gasteiger partial charge in [-0.2, -0.15) is 0 Å². The van der Waals surface area contributed by atoms with E-state index in [9.17, 15) is 18.4 Å². The Balaban J connectivity index is 1.76. The molecule has 0 N–H and O–H groups in total. The van der Waals surface area contributed by atoms with Gasteiger partial charge < -0.3 is 14.4 Å². The molecule has 0 radical (unpaired) electrons. The van der Waals surface area contributed by atoms with Crippen LogP contribution in [0.1, 0.15) is 69.1 Å². The molecule has 13 heteroatoms. The minimum atomic E-state index is -2.86. The average Bonchev–Trinajstić information content (AvgIpc) is 3.32. The van der Waals surface area contributed by atoms with Gasteiger partial charge in [-0.1, -0.05) is 23.7 Å². The first-order chi connectivity index (χ1) is 17.8. The fourth-order valence-electron chi connectivity index (χ4n) is 4.96. The van der Waals surface area contributed by atoms with E-state index in [1.165, 1.54) is 11.9 Å². The van der Waals surface area contributed by atoms with Crippen LogP contribution in [-0.2, 0) is 29.6 Å². The number of aryl methyl sites for hydroxylation is 1. The van der Waals surface area contributed by atoms with Crippen molar-refractivity contribution < 1.29 is 32.2 Å². The molecule has 3 heterocycles. The van der Waals surface area contributed by atoms with Crippen LogP contribution in [-0.4, -0.2) is 62.0 Å². The SMILES string of the molecule is C[C@@H]1CC(=O)N(C[C@@H]2c3c(c(Cl)cc(F)c3OCc3nnn(C)c3C(F)F)CCN2C(=O)OC(C)(C)C)C1. The molecule has 1 saturated heterocycles. The van der Waals surface area contributed by atoms with Crippen LogP contribution in [0.4, 0.5) is 18.0 Å². The van der Waals surface area contributed by atoms with Crippen molar-refractivity contribution in [2.45, 2.75) is 65.2 Å². The number of nitrogens with zero attached hydrogens (tertiary/aromatic N) is 5. The second-order valence-electron chi connectivity index (χ2n) is 10.7. The van der Waals surface area contributed by atoms with Gasteiger partial charge in [-0.15, -0.1) is 5.10 Å². The predicted octanol–water partition coefficient (Wildman–Crippen LogP) is 4.83. The normalized spacial score (nSPS) is 19.8. The number of fused-ring (bicyclic) bond motifs is 1. The van der Waals surface area contributed by atoms with E-state index in [1.54, 1.807) is 25.7 Å². The molecule has 1 aromatic carbocycles. The largest absolute Gasteiger partial charge is 0.484 e. The highest BCUT2D eigenvalue weighted by Gasteiger charge is 2.41. The molecule has 1 aromatic heterocycles. The molecule has 2 atom stereocenters. The maximum Gasteiger partial charge on any atom is 0.410 e. The van der Waals surface area contributed by atoms with E-state index in [0.29, 0.717) is 18.5 Å². The van der Waals surface area contributed by atoms with E-state index < -0.39 is 42.3 Å². The van der Waals surface area contributed by atoms with Crippen LogP contribution in [0, 0.1) is 11.7 Å². The molecule has 1 fully saturated rings. The number of likely N-dealkylation sites (tertiary alicyclic amines) is 1. The lowest BCUT2D eigenvalue weighted by atomic mass is 9.91. The minimum Gasteiger partial charge on any atom is -0.484 e.